The zero-order chi connectivity index (χ0) is 14.7. The minimum atomic E-state index is -3.44. The van der Waals surface area contributed by atoms with E-state index in [2.05, 4.69) is 6.92 Å². The molecule has 0 aromatic heterocycles. The van der Waals surface area contributed by atoms with Crippen molar-refractivity contribution in [2.24, 2.45) is 0 Å². The van der Waals surface area contributed by atoms with Crippen LogP contribution < -0.4 is 0 Å². The van der Waals surface area contributed by atoms with Crippen LogP contribution in [-0.2, 0) is 10.0 Å². The van der Waals surface area contributed by atoms with Crippen LogP contribution in [0.15, 0.2) is 0 Å². The third-order valence-electron chi connectivity index (χ3n) is 3.39. The zero-order valence-electron chi connectivity index (χ0n) is 12.6. The molecule has 0 radical (unpaired) electrons. The number of unbranched alkanes of at least 4 members (excludes halogenated alkanes) is 5. The SMILES string of the molecule is CCCCCCCCC(C#N)S(=O)(=O)N(CC)CC. The molecule has 0 N–H and O–H groups in total. The molecule has 0 rings (SSSR count). The van der Waals surface area contributed by atoms with Crippen LogP contribution in [0.1, 0.15) is 65.7 Å². The lowest BCUT2D eigenvalue weighted by atomic mass is 10.1. The van der Waals surface area contributed by atoms with Gasteiger partial charge in [0, 0.05) is 13.1 Å². The zero-order valence-corrected chi connectivity index (χ0v) is 13.4. The first-order chi connectivity index (χ1) is 9.04. The van der Waals surface area contributed by atoms with E-state index in [0.717, 1.165) is 19.3 Å². The molecule has 0 bridgehead atoms. The molecule has 0 heterocycles. The summed E-state index contributed by atoms with van der Waals surface area (Å²) in [4.78, 5) is 0. The largest absolute Gasteiger partial charge is 0.230 e. The van der Waals surface area contributed by atoms with Gasteiger partial charge in [-0.05, 0) is 6.42 Å². The molecule has 0 spiro atoms. The van der Waals surface area contributed by atoms with Crippen molar-refractivity contribution < 1.29 is 8.42 Å². The van der Waals surface area contributed by atoms with Crippen molar-refractivity contribution in [2.45, 2.75) is 71.0 Å². The molecule has 1 unspecified atom stereocenters. The summed E-state index contributed by atoms with van der Waals surface area (Å²) < 4.78 is 25.8. The van der Waals surface area contributed by atoms with Crippen molar-refractivity contribution in [3.63, 3.8) is 0 Å². The third-order valence-corrected chi connectivity index (χ3v) is 5.69. The van der Waals surface area contributed by atoms with Crippen LogP contribution in [0.3, 0.4) is 0 Å². The average molecular weight is 288 g/mol. The fraction of sp³-hybridized carbons (Fsp3) is 0.929. The summed E-state index contributed by atoms with van der Waals surface area (Å²) in [5.74, 6) is 0. The second-order valence-electron chi connectivity index (χ2n) is 4.80. The van der Waals surface area contributed by atoms with Crippen LogP contribution in [0.2, 0.25) is 0 Å². The number of nitrogens with zero attached hydrogens (tertiary/aromatic N) is 2. The van der Waals surface area contributed by atoms with Crippen molar-refractivity contribution in [3.8, 4) is 6.07 Å². The fourth-order valence-corrected chi connectivity index (χ4v) is 3.83. The fourth-order valence-electron chi connectivity index (χ4n) is 2.15. The van der Waals surface area contributed by atoms with Crippen molar-refractivity contribution in [1.82, 2.24) is 4.31 Å². The van der Waals surface area contributed by atoms with Crippen LogP contribution in [0.25, 0.3) is 0 Å². The minimum absolute atomic E-state index is 0.438. The van der Waals surface area contributed by atoms with Gasteiger partial charge < -0.3 is 0 Å². The Morgan fingerprint density at radius 1 is 1.00 bits per heavy atom. The summed E-state index contributed by atoms with van der Waals surface area (Å²) >= 11 is 0. The Hall–Kier alpha value is -0.600. The summed E-state index contributed by atoms with van der Waals surface area (Å²) in [5.41, 5.74) is 0. The summed E-state index contributed by atoms with van der Waals surface area (Å²) in [5, 5.41) is 8.21. The van der Waals surface area contributed by atoms with E-state index in [1.807, 2.05) is 6.07 Å². The lowest BCUT2D eigenvalue weighted by molar-refractivity contribution is 0.436. The standard InChI is InChI=1S/C14H28N2O2S/c1-4-7-8-9-10-11-12-14(13-15)19(17,18)16(5-2)6-3/h14H,4-12H2,1-3H3. The van der Waals surface area contributed by atoms with Gasteiger partial charge in [-0.2, -0.15) is 5.26 Å². The highest BCUT2D eigenvalue weighted by atomic mass is 32.2. The molecule has 0 amide bonds. The molecule has 0 aliphatic carbocycles. The highest BCUT2D eigenvalue weighted by Gasteiger charge is 2.29. The van der Waals surface area contributed by atoms with Gasteiger partial charge in [-0.3, -0.25) is 0 Å². The highest BCUT2D eigenvalue weighted by molar-refractivity contribution is 7.90. The first-order valence-electron chi connectivity index (χ1n) is 7.43. The van der Waals surface area contributed by atoms with Crippen LogP contribution in [0, 0.1) is 11.3 Å². The highest BCUT2D eigenvalue weighted by Crippen LogP contribution is 2.16. The predicted octanol–water partition coefficient (Wildman–Crippen LogP) is 3.30. The average Bonchev–Trinajstić information content (AvgIpc) is 2.38. The Bertz CT molecular complexity index is 356. The number of rotatable bonds is 11. The molecular weight excluding hydrogens is 260 g/mol. The molecule has 0 aliphatic heterocycles. The monoisotopic (exact) mass is 288 g/mol. The minimum Gasteiger partial charge on any atom is -0.211 e. The molecule has 112 valence electrons. The van der Waals surface area contributed by atoms with Gasteiger partial charge >= 0.3 is 0 Å². The summed E-state index contributed by atoms with van der Waals surface area (Å²) in [6.07, 6.45) is 7.08. The molecule has 0 aromatic rings. The molecule has 5 heteroatoms. The molecule has 19 heavy (non-hydrogen) atoms. The Labute approximate surface area is 118 Å². The first-order valence-corrected chi connectivity index (χ1v) is 8.93. The van der Waals surface area contributed by atoms with Crippen LogP contribution >= 0.6 is 0 Å². The van der Waals surface area contributed by atoms with Gasteiger partial charge in [0.05, 0.1) is 6.07 Å². The molecular formula is C14H28N2O2S. The molecule has 1 atom stereocenters. The van der Waals surface area contributed by atoms with Gasteiger partial charge in [0.1, 0.15) is 0 Å². The second kappa shape index (κ2) is 10.2. The molecule has 0 aliphatic rings. The predicted molar refractivity (Wildman–Crippen MR) is 79.2 cm³/mol. The Kier molecular flexibility index (Phi) is 9.90. The smallest absolute Gasteiger partial charge is 0.211 e. The van der Waals surface area contributed by atoms with Gasteiger partial charge in [0.25, 0.3) is 0 Å². The summed E-state index contributed by atoms with van der Waals surface area (Å²) in [6.45, 7) is 6.66. The number of sulfonamides is 1. The lowest BCUT2D eigenvalue weighted by Crippen LogP contribution is -2.38. The molecule has 0 fully saturated rings. The Morgan fingerprint density at radius 3 is 2.00 bits per heavy atom. The summed E-state index contributed by atoms with van der Waals surface area (Å²) in [7, 11) is -3.44. The third kappa shape index (κ3) is 6.40. The van der Waals surface area contributed by atoms with Crippen LogP contribution in [-0.4, -0.2) is 31.1 Å². The van der Waals surface area contributed by atoms with Gasteiger partial charge in [-0.15, -0.1) is 0 Å². The molecule has 0 aromatic carbocycles. The van der Waals surface area contributed by atoms with E-state index in [1.165, 1.54) is 23.6 Å². The Morgan fingerprint density at radius 2 is 1.53 bits per heavy atom. The quantitative estimate of drug-likeness (QED) is 0.548. The van der Waals surface area contributed by atoms with E-state index in [4.69, 9.17) is 5.26 Å². The van der Waals surface area contributed by atoms with E-state index in [-0.39, 0.29) is 0 Å². The van der Waals surface area contributed by atoms with E-state index < -0.39 is 15.3 Å². The van der Waals surface area contributed by atoms with E-state index >= 15 is 0 Å². The van der Waals surface area contributed by atoms with Crippen molar-refractivity contribution in [1.29, 1.82) is 5.26 Å². The number of nitriles is 1. The normalized spacial score (nSPS) is 13.4. The second-order valence-corrected chi connectivity index (χ2v) is 6.92. The topological polar surface area (TPSA) is 61.2 Å². The first kappa shape index (κ1) is 18.4. The summed E-state index contributed by atoms with van der Waals surface area (Å²) in [6, 6.07) is 1.96. The van der Waals surface area contributed by atoms with Crippen LogP contribution in [0.5, 0.6) is 0 Å². The van der Waals surface area contributed by atoms with Gasteiger partial charge in [0.2, 0.25) is 10.0 Å². The van der Waals surface area contributed by atoms with E-state index in [9.17, 15) is 8.42 Å². The van der Waals surface area contributed by atoms with Crippen LogP contribution in [0.4, 0.5) is 0 Å². The lowest BCUT2D eigenvalue weighted by Gasteiger charge is -2.21. The maximum atomic E-state index is 12.2. The maximum absolute atomic E-state index is 12.2. The number of hydrogen-bond donors (Lipinski definition) is 0. The Balaban J connectivity index is 4.24. The van der Waals surface area contributed by atoms with Gasteiger partial charge in [-0.25, -0.2) is 12.7 Å². The molecule has 0 saturated heterocycles. The van der Waals surface area contributed by atoms with Gasteiger partial charge in [0.15, 0.2) is 5.25 Å². The molecule has 4 nitrogen and oxygen atoms in total. The van der Waals surface area contributed by atoms with E-state index in [0.29, 0.717) is 19.5 Å². The van der Waals surface area contributed by atoms with Crippen molar-refractivity contribution >= 4 is 10.0 Å². The van der Waals surface area contributed by atoms with Gasteiger partial charge in [-0.1, -0.05) is 59.3 Å². The maximum Gasteiger partial charge on any atom is 0.230 e. The van der Waals surface area contributed by atoms with E-state index in [1.54, 1.807) is 13.8 Å². The van der Waals surface area contributed by atoms with Crippen molar-refractivity contribution in [2.75, 3.05) is 13.1 Å². The number of hydrogen-bond acceptors (Lipinski definition) is 3. The molecule has 0 saturated carbocycles. The van der Waals surface area contributed by atoms with Crippen molar-refractivity contribution in [3.05, 3.63) is 0 Å².